The molecule has 0 atom stereocenters. The Bertz CT molecular complexity index is 352. The third kappa shape index (κ3) is 1.86. The number of hydrogen-bond acceptors (Lipinski definition) is 3. The Balaban J connectivity index is 3.28. The maximum atomic E-state index is 11.0. The zero-order valence-corrected chi connectivity index (χ0v) is 7.91. The number of phenolic OH excluding ortho intramolecular Hbond substituents is 1. The van der Waals surface area contributed by atoms with Crippen LogP contribution in [0.15, 0.2) is 22.7 Å². The standard InChI is InChI=1S/C8H5BrO4/c9-4-2-1-3-5(10)6(4)7(11)8(12)13/h1-3,10H,(H,12,13). The van der Waals surface area contributed by atoms with E-state index >= 15 is 0 Å². The molecule has 1 rings (SSSR count). The highest BCUT2D eigenvalue weighted by Gasteiger charge is 2.20. The van der Waals surface area contributed by atoms with E-state index in [-0.39, 0.29) is 15.8 Å². The number of hydrogen-bond donors (Lipinski definition) is 2. The van der Waals surface area contributed by atoms with Crippen molar-refractivity contribution in [3.8, 4) is 5.75 Å². The third-order valence-electron chi connectivity index (χ3n) is 1.41. The van der Waals surface area contributed by atoms with E-state index in [9.17, 15) is 14.7 Å². The van der Waals surface area contributed by atoms with Gasteiger partial charge in [-0.1, -0.05) is 6.07 Å². The van der Waals surface area contributed by atoms with Crippen LogP contribution in [0.25, 0.3) is 0 Å². The summed E-state index contributed by atoms with van der Waals surface area (Å²) in [6, 6.07) is 4.23. The van der Waals surface area contributed by atoms with Gasteiger partial charge < -0.3 is 10.2 Å². The fourth-order valence-electron chi connectivity index (χ4n) is 0.844. The number of benzene rings is 1. The molecule has 0 saturated heterocycles. The average Bonchev–Trinajstić information content (AvgIpc) is 2.03. The molecule has 68 valence electrons. The quantitative estimate of drug-likeness (QED) is 0.610. The molecular weight excluding hydrogens is 240 g/mol. The van der Waals surface area contributed by atoms with Crippen LogP contribution in [0.5, 0.6) is 5.75 Å². The van der Waals surface area contributed by atoms with Gasteiger partial charge in [-0.15, -0.1) is 0 Å². The van der Waals surface area contributed by atoms with Gasteiger partial charge in [0.25, 0.3) is 5.78 Å². The zero-order chi connectivity index (χ0) is 10.0. The van der Waals surface area contributed by atoms with Crippen LogP contribution in [0.2, 0.25) is 0 Å². The number of ketones is 1. The molecule has 0 spiro atoms. The number of carbonyl (C=O) groups is 2. The van der Waals surface area contributed by atoms with E-state index in [2.05, 4.69) is 15.9 Å². The average molecular weight is 245 g/mol. The zero-order valence-electron chi connectivity index (χ0n) is 6.32. The van der Waals surface area contributed by atoms with Crippen molar-refractivity contribution in [3.05, 3.63) is 28.2 Å². The molecule has 0 unspecified atom stereocenters. The highest BCUT2D eigenvalue weighted by Crippen LogP contribution is 2.25. The summed E-state index contributed by atoms with van der Waals surface area (Å²) >= 11 is 2.97. The molecule has 4 nitrogen and oxygen atoms in total. The fraction of sp³-hybridized carbons (Fsp3) is 0. The second-order valence-electron chi connectivity index (χ2n) is 2.27. The minimum absolute atomic E-state index is 0.227. The van der Waals surface area contributed by atoms with Crippen molar-refractivity contribution in [2.24, 2.45) is 0 Å². The summed E-state index contributed by atoms with van der Waals surface area (Å²) in [5, 5.41) is 17.6. The van der Waals surface area contributed by atoms with Gasteiger partial charge in [0.15, 0.2) is 0 Å². The van der Waals surface area contributed by atoms with Gasteiger partial charge in [-0.05, 0) is 28.1 Å². The maximum Gasteiger partial charge on any atom is 0.377 e. The molecule has 0 aliphatic carbocycles. The second kappa shape index (κ2) is 3.57. The van der Waals surface area contributed by atoms with Crippen LogP contribution in [0.4, 0.5) is 0 Å². The highest BCUT2D eigenvalue weighted by atomic mass is 79.9. The number of carbonyl (C=O) groups excluding carboxylic acids is 1. The Labute approximate surface area is 81.9 Å². The molecule has 1 aromatic carbocycles. The van der Waals surface area contributed by atoms with Crippen LogP contribution in [0, 0.1) is 0 Å². The summed E-state index contributed by atoms with van der Waals surface area (Å²) in [5.41, 5.74) is -0.227. The monoisotopic (exact) mass is 244 g/mol. The largest absolute Gasteiger partial charge is 0.507 e. The predicted octanol–water partition coefficient (Wildman–Crippen LogP) is 1.42. The van der Waals surface area contributed by atoms with Crippen molar-refractivity contribution in [1.29, 1.82) is 0 Å². The number of phenols is 1. The van der Waals surface area contributed by atoms with Gasteiger partial charge in [0.2, 0.25) is 0 Å². The van der Waals surface area contributed by atoms with Crippen molar-refractivity contribution in [2.45, 2.75) is 0 Å². The minimum Gasteiger partial charge on any atom is -0.507 e. The van der Waals surface area contributed by atoms with Gasteiger partial charge in [-0.25, -0.2) is 4.79 Å². The summed E-state index contributed by atoms with van der Waals surface area (Å²) < 4.78 is 0.264. The van der Waals surface area contributed by atoms with Gasteiger partial charge in [-0.2, -0.15) is 0 Å². The van der Waals surface area contributed by atoms with Crippen LogP contribution in [0.1, 0.15) is 10.4 Å². The Morgan fingerprint density at radius 2 is 1.92 bits per heavy atom. The summed E-state index contributed by atoms with van der Waals surface area (Å²) in [5.74, 6) is -3.08. The number of carboxylic acids is 1. The van der Waals surface area contributed by atoms with Crippen molar-refractivity contribution in [2.75, 3.05) is 0 Å². The van der Waals surface area contributed by atoms with E-state index in [1.807, 2.05) is 0 Å². The fourth-order valence-corrected chi connectivity index (χ4v) is 1.38. The summed E-state index contributed by atoms with van der Waals surface area (Å²) in [6.45, 7) is 0. The number of halogens is 1. The summed E-state index contributed by atoms with van der Waals surface area (Å²) in [4.78, 5) is 21.3. The molecular formula is C8H5BrO4. The van der Waals surface area contributed by atoms with Crippen molar-refractivity contribution >= 4 is 27.7 Å². The molecule has 0 bridgehead atoms. The van der Waals surface area contributed by atoms with Gasteiger partial charge in [-0.3, -0.25) is 4.79 Å². The summed E-state index contributed by atoms with van der Waals surface area (Å²) in [7, 11) is 0. The Morgan fingerprint density at radius 3 is 2.38 bits per heavy atom. The lowest BCUT2D eigenvalue weighted by Gasteiger charge is -2.01. The number of aromatic hydroxyl groups is 1. The minimum atomic E-state index is -1.60. The lowest BCUT2D eigenvalue weighted by molar-refractivity contribution is -0.131. The smallest absolute Gasteiger partial charge is 0.377 e. The van der Waals surface area contributed by atoms with Crippen LogP contribution in [0.3, 0.4) is 0 Å². The van der Waals surface area contributed by atoms with Crippen LogP contribution in [-0.4, -0.2) is 22.0 Å². The molecule has 5 heteroatoms. The topological polar surface area (TPSA) is 74.6 Å². The third-order valence-corrected chi connectivity index (χ3v) is 2.07. The van der Waals surface area contributed by atoms with E-state index in [0.29, 0.717) is 0 Å². The Kier molecular flexibility index (Phi) is 2.67. The lowest BCUT2D eigenvalue weighted by atomic mass is 10.1. The SMILES string of the molecule is O=C(O)C(=O)c1c(O)cccc1Br. The van der Waals surface area contributed by atoms with E-state index in [4.69, 9.17) is 5.11 Å². The number of rotatable bonds is 2. The molecule has 0 fully saturated rings. The first-order valence-corrected chi connectivity index (χ1v) is 4.08. The van der Waals surface area contributed by atoms with Crippen molar-refractivity contribution in [1.82, 2.24) is 0 Å². The summed E-state index contributed by atoms with van der Waals surface area (Å²) in [6.07, 6.45) is 0. The molecule has 0 saturated carbocycles. The van der Waals surface area contributed by atoms with E-state index in [0.717, 1.165) is 0 Å². The number of aliphatic carboxylic acids is 1. The van der Waals surface area contributed by atoms with Gasteiger partial charge in [0.05, 0.1) is 5.56 Å². The first-order valence-electron chi connectivity index (χ1n) is 3.29. The first-order chi connectivity index (χ1) is 6.04. The first kappa shape index (κ1) is 9.73. The molecule has 13 heavy (non-hydrogen) atoms. The van der Waals surface area contributed by atoms with Crippen molar-refractivity contribution in [3.63, 3.8) is 0 Å². The predicted molar refractivity (Wildman–Crippen MR) is 47.8 cm³/mol. The molecule has 0 heterocycles. The number of Topliss-reactive ketones (excluding diaryl/α,β-unsaturated/α-hetero) is 1. The van der Waals surface area contributed by atoms with Crippen LogP contribution < -0.4 is 0 Å². The molecule has 0 aliphatic rings. The number of carboxylic acid groups (broad SMARTS) is 1. The molecule has 0 aliphatic heterocycles. The van der Waals surface area contributed by atoms with Gasteiger partial charge in [0, 0.05) is 4.47 Å². The van der Waals surface area contributed by atoms with Crippen LogP contribution in [-0.2, 0) is 4.79 Å². The highest BCUT2D eigenvalue weighted by molar-refractivity contribution is 9.10. The Morgan fingerprint density at radius 1 is 1.31 bits per heavy atom. The molecule has 0 radical (unpaired) electrons. The molecule has 0 amide bonds. The van der Waals surface area contributed by atoms with Gasteiger partial charge in [0.1, 0.15) is 5.75 Å². The lowest BCUT2D eigenvalue weighted by Crippen LogP contribution is -2.13. The molecule has 1 aromatic rings. The van der Waals surface area contributed by atoms with E-state index < -0.39 is 11.8 Å². The Hall–Kier alpha value is -1.36. The second-order valence-corrected chi connectivity index (χ2v) is 3.12. The van der Waals surface area contributed by atoms with Crippen molar-refractivity contribution < 1.29 is 19.8 Å². The molecule has 0 aromatic heterocycles. The molecule has 2 N–H and O–H groups in total. The van der Waals surface area contributed by atoms with E-state index in [1.54, 1.807) is 0 Å². The van der Waals surface area contributed by atoms with Gasteiger partial charge >= 0.3 is 5.97 Å². The van der Waals surface area contributed by atoms with Crippen LogP contribution >= 0.6 is 15.9 Å². The van der Waals surface area contributed by atoms with E-state index in [1.165, 1.54) is 18.2 Å². The maximum absolute atomic E-state index is 11.0. The normalized spacial score (nSPS) is 9.62.